The van der Waals surface area contributed by atoms with Crippen LogP contribution in [0.25, 0.3) is 0 Å². The molecule has 2 atom stereocenters. The molecule has 1 aliphatic heterocycles. The average Bonchev–Trinajstić information content (AvgIpc) is 2.67. The number of nitrogens with zero attached hydrogens (tertiary/aromatic N) is 2. The number of hydrogen-bond donors (Lipinski definition) is 0. The number of aliphatic imine (C=N–C) groups is 1. The summed E-state index contributed by atoms with van der Waals surface area (Å²) in [5.74, 6) is -2.94. The molecule has 8 heteroatoms. The lowest BCUT2D eigenvalue weighted by Gasteiger charge is -2.35. The summed E-state index contributed by atoms with van der Waals surface area (Å²) in [6, 6.07) is 3.74. The van der Waals surface area contributed by atoms with Crippen LogP contribution in [0.15, 0.2) is 34.5 Å². The molecule has 0 aromatic heterocycles. The van der Waals surface area contributed by atoms with Crippen LogP contribution < -0.4 is 5.11 Å². The van der Waals surface area contributed by atoms with Crippen LogP contribution in [0, 0.1) is 16.0 Å². The number of Topliss-reactive ketones (excluding diaryl/α,β-unsaturated/α-hetero) is 1. The van der Waals surface area contributed by atoms with E-state index in [-0.39, 0.29) is 12.4 Å². The van der Waals surface area contributed by atoms with Crippen LogP contribution >= 0.6 is 0 Å². The molecule has 0 fully saturated rings. The van der Waals surface area contributed by atoms with Gasteiger partial charge in [0.1, 0.15) is 5.92 Å². The first kappa shape index (κ1) is 19.7. The quantitative estimate of drug-likeness (QED) is 0.436. The number of rotatable bonds is 5. The number of carbonyl (C=O) groups is 2. The minimum atomic E-state index is -0.845. The maximum atomic E-state index is 12.8. The predicted octanol–water partition coefficient (Wildman–Crippen LogP) is 2.80. The summed E-state index contributed by atoms with van der Waals surface area (Å²) in [6.07, 6.45) is 2.10. The highest BCUT2D eigenvalue weighted by Crippen LogP contribution is 2.45. The van der Waals surface area contributed by atoms with Crippen LogP contribution in [-0.4, -0.2) is 29.0 Å². The molecule has 1 aromatic rings. The lowest BCUT2D eigenvalue weighted by Crippen LogP contribution is -2.38. The molecule has 0 bridgehead atoms. The third kappa shape index (κ3) is 3.42. The first-order valence-corrected chi connectivity index (χ1v) is 9.34. The monoisotopic (exact) mass is 385 g/mol. The highest BCUT2D eigenvalue weighted by Gasteiger charge is 2.44. The molecule has 28 heavy (non-hydrogen) atoms. The number of carbonyl (C=O) groups excluding carboxylic acids is 2. The standard InChI is InChI=1S/C20H22N2O6/c1-3-12-19(20(25)28-4-2)17(18-13(21-12)6-5-7-16(18)24)11-8-9-15(23)14(10-11)22(26)27/h8-10,17,19,23H,3-7H2,1-2H3/p-1/t17-,19?/m0/s1. The first-order chi connectivity index (χ1) is 13.4. The summed E-state index contributed by atoms with van der Waals surface area (Å²) in [4.78, 5) is 40.6. The van der Waals surface area contributed by atoms with Gasteiger partial charge >= 0.3 is 5.97 Å². The van der Waals surface area contributed by atoms with Gasteiger partial charge in [-0.05, 0) is 37.5 Å². The van der Waals surface area contributed by atoms with E-state index in [1.165, 1.54) is 12.1 Å². The van der Waals surface area contributed by atoms with Crippen molar-refractivity contribution < 1.29 is 24.4 Å². The molecule has 0 radical (unpaired) electrons. The summed E-state index contributed by atoms with van der Waals surface area (Å²) >= 11 is 0. The van der Waals surface area contributed by atoms with Gasteiger partial charge in [-0.25, -0.2) is 0 Å². The van der Waals surface area contributed by atoms with Crippen LogP contribution in [0.3, 0.4) is 0 Å². The number of nitro groups is 1. The Morgan fingerprint density at radius 3 is 2.71 bits per heavy atom. The Hall–Kier alpha value is -3.03. The molecule has 0 N–H and O–H groups in total. The Labute approximate surface area is 162 Å². The molecule has 1 aromatic carbocycles. The summed E-state index contributed by atoms with van der Waals surface area (Å²) < 4.78 is 5.23. The van der Waals surface area contributed by atoms with Gasteiger partial charge in [0.2, 0.25) is 0 Å². The Kier molecular flexibility index (Phi) is 5.58. The van der Waals surface area contributed by atoms with Crippen LogP contribution in [0.2, 0.25) is 0 Å². The fourth-order valence-electron chi connectivity index (χ4n) is 3.95. The van der Waals surface area contributed by atoms with Gasteiger partial charge in [-0.2, -0.15) is 0 Å². The molecular formula is C20H21N2O6-. The van der Waals surface area contributed by atoms with Crippen molar-refractivity contribution >= 4 is 23.2 Å². The molecule has 0 spiro atoms. The van der Waals surface area contributed by atoms with Crippen molar-refractivity contribution in [1.82, 2.24) is 0 Å². The molecule has 0 amide bonds. The Bertz CT molecular complexity index is 902. The lowest BCUT2D eigenvalue weighted by molar-refractivity contribution is -0.398. The van der Waals surface area contributed by atoms with E-state index in [1.807, 2.05) is 6.92 Å². The summed E-state index contributed by atoms with van der Waals surface area (Å²) in [5, 5.41) is 23.1. The normalized spacial score (nSPS) is 21.8. The highest BCUT2D eigenvalue weighted by atomic mass is 16.6. The zero-order valence-electron chi connectivity index (χ0n) is 15.8. The van der Waals surface area contributed by atoms with E-state index in [0.717, 1.165) is 6.07 Å². The molecule has 1 aliphatic carbocycles. The van der Waals surface area contributed by atoms with Crippen molar-refractivity contribution in [2.75, 3.05) is 6.61 Å². The summed E-state index contributed by atoms with van der Waals surface area (Å²) in [5.41, 5.74) is 1.44. The van der Waals surface area contributed by atoms with Gasteiger partial charge in [-0.1, -0.05) is 19.1 Å². The van der Waals surface area contributed by atoms with Crippen molar-refractivity contribution in [3.63, 3.8) is 0 Å². The summed E-state index contributed by atoms with van der Waals surface area (Å²) in [6.45, 7) is 3.71. The highest BCUT2D eigenvalue weighted by molar-refractivity contribution is 6.09. The molecule has 3 rings (SSSR count). The molecular weight excluding hydrogens is 364 g/mol. The number of nitro benzene ring substituents is 1. The third-order valence-corrected chi connectivity index (χ3v) is 5.15. The molecule has 8 nitrogen and oxygen atoms in total. The van der Waals surface area contributed by atoms with Crippen molar-refractivity contribution in [2.24, 2.45) is 10.9 Å². The Balaban J connectivity index is 2.22. The number of allylic oxidation sites excluding steroid dienone is 2. The number of esters is 1. The van der Waals surface area contributed by atoms with Crippen LogP contribution in [-0.2, 0) is 14.3 Å². The van der Waals surface area contributed by atoms with E-state index in [1.54, 1.807) is 6.92 Å². The van der Waals surface area contributed by atoms with E-state index >= 15 is 0 Å². The van der Waals surface area contributed by atoms with E-state index in [4.69, 9.17) is 4.74 Å². The second-order valence-corrected chi connectivity index (χ2v) is 6.79. The van der Waals surface area contributed by atoms with Gasteiger partial charge in [0.25, 0.3) is 5.69 Å². The van der Waals surface area contributed by atoms with Crippen molar-refractivity contribution in [3.8, 4) is 5.75 Å². The van der Waals surface area contributed by atoms with Crippen LogP contribution in [0.4, 0.5) is 5.69 Å². The number of benzene rings is 1. The van der Waals surface area contributed by atoms with Gasteiger partial charge in [-0.15, -0.1) is 0 Å². The minimum Gasteiger partial charge on any atom is -0.868 e. The van der Waals surface area contributed by atoms with Gasteiger partial charge in [0.15, 0.2) is 5.78 Å². The van der Waals surface area contributed by atoms with Crippen molar-refractivity contribution in [2.45, 2.75) is 45.4 Å². The van der Waals surface area contributed by atoms with Gasteiger partial charge in [0, 0.05) is 35.4 Å². The van der Waals surface area contributed by atoms with Crippen molar-refractivity contribution in [3.05, 3.63) is 45.1 Å². The minimum absolute atomic E-state index is 0.117. The Morgan fingerprint density at radius 1 is 1.32 bits per heavy atom. The van der Waals surface area contributed by atoms with E-state index in [9.17, 15) is 24.8 Å². The molecule has 1 heterocycles. The maximum Gasteiger partial charge on any atom is 0.315 e. The predicted molar refractivity (Wildman–Crippen MR) is 99.0 cm³/mol. The Morgan fingerprint density at radius 2 is 2.07 bits per heavy atom. The van der Waals surface area contributed by atoms with E-state index < -0.39 is 34.2 Å². The maximum absolute atomic E-state index is 12.8. The molecule has 0 saturated carbocycles. The fourth-order valence-corrected chi connectivity index (χ4v) is 3.95. The number of hydrogen-bond acceptors (Lipinski definition) is 7. The number of ketones is 1. The molecule has 0 saturated heterocycles. The second kappa shape index (κ2) is 7.92. The van der Waals surface area contributed by atoms with Crippen LogP contribution in [0.1, 0.15) is 51.0 Å². The van der Waals surface area contributed by atoms with Crippen LogP contribution in [0.5, 0.6) is 5.75 Å². The largest absolute Gasteiger partial charge is 0.868 e. The second-order valence-electron chi connectivity index (χ2n) is 6.79. The van der Waals surface area contributed by atoms with Gasteiger partial charge < -0.3 is 9.84 Å². The van der Waals surface area contributed by atoms with E-state index in [0.29, 0.717) is 48.2 Å². The zero-order chi connectivity index (χ0) is 20.4. The lowest BCUT2D eigenvalue weighted by atomic mass is 9.71. The molecule has 148 valence electrons. The van der Waals surface area contributed by atoms with Gasteiger partial charge in [0.05, 0.1) is 11.5 Å². The fraction of sp³-hybridized carbons (Fsp3) is 0.450. The number of ether oxygens (including phenoxy) is 1. The third-order valence-electron chi connectivity index (χ3n) is 5.15. The summed E-state index contributed by atoms with van der Waals surface area (Å²) in [7, 11) is 0. The average molecular weight is 385 g/mol. The molecule has 2 aliphatic rings. The smallest absolute Gasteiger partial charge is 0.315 e. The molecule has 1 unspecified atom stereocenters. The van der Waals surface area contributed by atoms with E-state index in [2.05, 4.69) is 4.99 Å². The first-order valence-electron chi connectivity index (χ1n) is 9.34. The SMILES string of the molecule is CCOC(=O)C1C(CC)=NC2=C(C(=O)CCC2)[C@@H]1c1ccc([O-])c([N+](=O)[O-])c1. The zero-order valence-corrected chi connectivity index (χ0v) is 15.8. The van der Waals surface area contributed by atoms with Gasteiger partial charge in [-0.3, -0.25) is 24.7 Å². The van der Waals surface area contributed by atoms with Crippen molar-refractivity contribution in [1.29, 1.82) is 0 Å². The topological polar surface area (TPSA) is 122 Å².